The van der Waals surface area contributed by atoms with Crippen LogP contribution in [0, 0.1) is 10.1 Å². The Morgan fingerprint density at radius 2 is 2.12 bits per heavy atom. The van der Waals surface area contributed by atoms with Crippen molar-refractivity contribution in [2.24, 2.45) is 5.16 Å². The molecule has 0 atom stereocenters. The predicted molar refractivity (Wildman–Crippen MR) is 53.1 cm³/mol. The maximum absolute atomic E-state index is 10.6. The molecule has 0 amide bonds. The van der Waals surface area contributed by atoms with E-state index in [1.54, 1.807) is 0 Å². The van der Waals surface area contributed by atoms with Crippen LogP contribution in [0.15, 0.2) is 35.6 Å². The molecule has 2 aromatic rings. The molecule has 2 N–H and O–H groups in total. The van der Waals surface area contributed by atoms with E-state index >= 15 is 0 Å². The minimum atomic E-state index is -0.560. The fourth-order valence-corrected chi connectivity index (χ4v) is 1.44. The van der Waals surface area contributed by atoms with E-state index in [-0.39, 0.29) is 11.0 Å². The highest BCUT2D eigenvalue weighted by Crippen LogP contribution is 2.17. The van der Waals surface area contributed by atoms with Crippen LogP contribution in [-0.2, 0) is 0 Å². The molecule has 82 valence electrons. The van der Waals surface area contributed by atoms with E-state index in [0.717, 1.165) is 4.73 Å². The van der Waals surface area contributed by atoms with Crippen LogP contribution in [0.4, 0.5) is 5.69 Å². The predicted octanol–water partition coefficient (Wildman–Crippen LogP) is 1.08. The van der Waals surface area contributed by atoms with Gasteiger partial charge in [0.2, 0.25) is 0 Å². The van der Waals surface area contributed by atoms with Crippen molar-refractivity contribution < 1.29 is 15.3 Å². The Morgan fingerprint density at radius 3 is 2.75 bits per heavy atom. The van der Waals surface area contributed by atoms with Crippen LogP contribution in [0.1, 0.15) is 0 Å². The van der Waals surface area contributed by atoms with Gasteiger partial charge in [-0.1, -0.05) is 5.16 Å². The molecule has 0 fully saturated rings. The second-order valence-electron chi connectivity index (χ2n) is 3.10. The van der Waals surface area contributed by atoms with E-state index in [4.69, 9.17) is 5.21 Å². The number of fused-ring (bicyclic) bond motifs is 1. The van der Waals surface area contributed by atoms with Gasteiger partial charge in [-0.15, -0.1) is 0 Å². The third-order valence-electron chi connectivity index (χ3n) is 2.20. The third-order valence-corrected chi connectivity index (χ3v) is 2.20. The average molecular weight is 221 g/mol. The molecule has 0 radical (unpaired) electrons. The highest BCUT2D eigenvalue weighted by Gasteiger charge is 2.09. The highest BCUT2D eigenvalue weighted by molar-refractivity contribution is 5.80. The Labute approximate surface area is 88.6 Å². The van der Waals surface area contributed by atoms with Gasteiger partial charge in [0.25, 0.3) is 5.69 Å². The van der Waals surface area contributed by atoms with Crippen molar-refractivity contribution in [1.82, 2.24) is 4.73 Å². The van der Waals surface area contributed by atoms with Crippen LogP contribution in [0.5, 0.6) is 0 Å². The molecule has 1 aromatic heterocycles. The molecular weight excluding hydrogens is 214 g/mol. The van der Waals surface area contributed by atoms with E-state index in [1.807, 2.05) is 0 Å². The van der Waals surface area contributed by atoms with Crippen LogP contribution in [0.2, 0.25) is 0 Å². The van der Waals surface area contributed by atoms with Crippen molar-refractivity contribution in [1.29, 1.82) is 0 Å². The van der Waals surface area contributed by atoms with Gasteiger partial charge in [-0.25, -0.2) is 0 Å². The molecule has 0 aliphatic heterocycles. The lowest BCUT2D eigenvalue weighted by Gasteiger charge is -2.03. The summed E-state index contributed by atoms with van der Waals surface area (Å²) in [6.07, 6.45) is 1.28. The van der Waals surface area contributed by atoms with Crippen molar-refractivity contribution in [3.8, 4) is 0 Å². The number of nitro benzene ring substituents is 1. The SMILES string of the molecule is O=[N+]([O-])c1ccc2c(c1)/c(=N\O)ccn2O. The van der Waals surface area contributed by atoms with Crippen LogP contribution in [0.3, 0.4) is 0 Å². The summed E-state index contributed by atoms with van der Waals surface area (Å²) in [4.78, 5) is 10.0. The van der Waals surface area contributed by atoms with Gasteiger partial charge >= 0.3 is 0 Å². The highest BCUT2D eigenvalue weighted by atomic mass is 16.6. The number of rotatable bonds is 1. The molecule has 7 heteroatoms. The first kappa shape index (κ1) is 9.97. The van der Waals surface area contributed by atoms with Crippen molar-refractivity contribution in [2.75, 3.05) is 0 Å². The van der Waals surface area contributed by atoms with Gasteiger partial charge in [-0.2, -0.15) is 4.73 Å². The molecule has 2 rings (SSSR count). The first-order valence-electron chi connectivity index (χ1n) is 4.30. The number of aromatic nitrogens is 1. The molecule has 7 nitrogen and oxygen atoms in total. The van der Waals surface area contributed by atoms with E-state index in [2.05, 4.69) is 5.16 Å². The summed E-state index contributed by atoms with van der Waals surface area (Å²) in [5, 5.41) is 32.2. The smallest absolute Gasteiger partial charge is 0.270 e. The number of benzene rings is 1. The number of hydrogen-bond donors (Lipinski definition) is 2. The van der Waals surface area contributed by atoms with Gasteiger partial charge in [0.05, 0.1) is 10.4 Å². The molecule has 1 aromatic carbocycles. The van der Waals surface area contributed by atoms with Crippen LogP contribution < -0.4 is 5.36 Å². The summed E-state index contributed by atoms with van der Waals surface area (Å²) in [6.45, 7) is 0. The summed E-state index contributed by atoms with van der Waals surface area (Å²) in [6, 6.07) is 5.21. The second kappa shape index (κ2) is 3.54. The Kier molecular flexibility index (Phi) is 2.20. The topological polar surface area (TPSA) is 101 Å². The molecule has 0 aliphatic carbocycles. The van der Waals surface area contributed by atoms with Crippen LogP contribution in [0.25, 0.3) is 10.9 Å². The number of nitrogens with zero attached hydrogens (tertiary/aromatic N) is 3. The monoisotopic (exact) mass is 221 g/mol. The van der Waals surface area contributed by atoms with Gasteiger partial charge < -0.3 is 10.4 Å². The lowest BCUT2D eigenvalue weighted by atomic mass is 10.2. The Bertz CT molecular complexity index is 632. The normalized spacial score (nSPS) is 11.9. The lowest BCUT2D eigenvalue weighted by Crippen LogP contribution is -2.08. The first-order chi connectivity index (χ1) is 7.63. The van der Waals surface area contributed by atoms with E-state index in [0.29, 0.717) is 10.9 Å². The molecule has 0 aliphatic rings. The summed E-state index contributed by atoms with van der Waals surface area (Å²) in [5.41, 5.74) is 0.185. The van der Waals surface area contributed by atoms with Crippen molar-refractivity contribution >= 4 is 16.6 Å². The zero-order chi connectivity index (χ0) is 11.7. The quantitative estimate of drug-likeness (QED) is 0.325. The summed E-state index contributed by atoms with van der Waals surface area (Å²) in [7, 11) is 0. The number of non-ortho nitro benzene ring substituents is 1. The van der Waals surface area contributed by atoms with Crippen molar-refractivity contribution in [2.45, 2.75) is 0 Å². The first-order valence-corrected chi connectivity index (χ1v) is 4.30. The molecular formula is C9H7N3O4. The molecule has 1 heterocycles. The Balaban J connectivity index is 2.90. The minimum Gasteiger partial charge on any atom is -0.428 e. The van der Waals surface area contributed by atoms with Gasteiger partial charge in [0.1, 0.15) is 5.36 Å². The number of hydrogen-bond acceptors (Lipinski definition) is 5. The number of pyridine rings is 1. The fraction of sp³-hybridized carbons (Fsp3) is 0. The molecule has 0 bridgehead atoms. The number of nitro groups is 1. The zero-order valence-corrected chi connectivity index (χ0v) is 7.94. The zero-order valence-electron chi connectivity index (χ0n) is 7.94. The van der Waals surface area contributed by atoms with Crippen molar-refractivity contribution in [3.05, 3.63) is 45.9 Å². The summed E-state index contributed by atoms with van der Waals surface area (Å²) < 4.78 is 0.799. The van der Waals surface area contributed by atoms with Gasteiger partial charge in [-0.3, -0.25) is 10.1 Å². The van der Waals surface area contributed by atoms with Gasteiger partial charge in [0, 0.05) is 23.7 Å². The Morgan fingerprint density at radius 1 is 1.38 bits per heavy atom. The summed E-state index contributed by atoms with van der Waals surface area (Å²) >= 11 is 0. The van der Waals surface area contributed by atoms with Gasteiger partial charge in [-0.05, 0) is 12.1 Å². The average Bonchev–Trinajstić information content (AvgIpc) is 2.29. The molecule has 0 spiro atoms. The maximum Gasteiger partial charge on any atom is 0.270 e. The molecule has 16 heavy (non-hydrogen) atoms. The van der Waals surface area contributed by atoms with Crippen molar-refractivity contribution in [3.63, 3.8) is 0 Å². The Hall–Kier alpha value is -2.57. The minimum absolute atomic E-state index is 0.136. The molecule has 0 saturated carbocycles. The third kappa shape index (κ3) is 1.44. The van der Waals surface area contributed by atoms with E-state index in [1.165, 1.54) is 30.5 Å². The van der Waals surface area contributed by atoms with Crippen LogP contribution >= 0.6 is 0 Å². The largest absolute Gasteiger partial charge is 0.428 e. The van der Waals surface area contributed by atoms with E-state index in [9.17, 15) is 15.3 Å². The summed E-state index contributed by atoms with van der Waals surface area (Å²) in [5.74, 6) is 0. The van der Waals surface area contributed by atoms with E-state index < -0.39 is 4.92 Å². The molecule has 0 saturated heterocycles. The lowest BCUT2D eigenvalue weighted by molar-refractivity contribution is -0.384. The van der Waals surface area contributed by atoms with Gasteiger partial charge in [0.15, 0.2) is 0 Å². The standard InChI is InChI=1S/C9H7N3O4/c13-10-8-3-4-11(14)9-2-1-6(12(15)16)5-7(8)9/h1-5,13-14H/b10-8-. The maximum atomic E-state index is 10.6. The molecule has 0 unspecified atom stereocenters. The van der Waals surface area contributed by atoms with Crippen LogP contribution in [-0.4, -0.2) is 20.1 Å². The second-order valence-corrected chi connectivity index (χ2v) is 3.10. The fourth-order valence-electron chi connectivity index (χ4n) is 1.44.